The van der Waals surface area contributed by atoms with Gasteiger partial charge in [-0.05, 0) is 31.3 Å². The minimum absolute atomic E-state index is 0.000317. The molecule has 0 saturated carbocycles. The van der Waals surface area contributed by atoms with Crippen molar-refractivity contribution in [2.45, 2.75) is 18.2 Å². The number of rotatable bonds is 1. The topological polar surface area (TPSA) is 104 Å². The summed E-state index contributed by atoms with van der Waals surface area (Å²) in [6.45, 7) is 1.63. The Balaban J connectivity index is 1.41. The summed E-state index contributed by atoms with van der Waals surface area (Å²) in [7, 11) is 1.92. The van der Waals surface area contributed by atoms with Crippen LogP contribution in [0.1, 0.15) is 20.7 Å². The number of piperazine rings is 1. The molecule has 3 atom stereocenters. The van der Waals surface area contributed by atoms with Crippen LogP contribution < -0.4 is 10.1 Å². The summed E-state index contributed by atoms with van der Waals surface area (Å²) in [5, 5.41) is 2.99. The fourth-order valence-corrected chi connectivity index (χ4v) is 4.95. The first-order chi connectivity index (χ1) is 17.4. The second-order valence-corrected chi connectivity index (χ2v) is 9.29. The number of carbonyl (C=O) groups excluding carboxylic acids is 3. The molecule has 3 aliphatic heterocycles. The highest BCUT2D eigenvalue weighted by Crippen LogP contribution is 2.21. The van der Waals surface area contributed by atoms with Gasteiger partial charge in [0.25, 0.3) is 11.8 Å². The Morgan fingerprint density at radius 2 is 1.94 bits per heavy atom. The fraction of sp³-hybridized carbons (Fsp3) is 0.440. The van der Waals surface area contributed by atoms with Crippen LogP contribution in [-0.2, 0) is 9.53 Å². The number of halogens is 1. The maximum Gasteiger partial charge on any atom is 0.257 e. The Morgan fingerprint density at radius 1 is 1.11 bits per heavy atom. The molecule has 1 aromatic heterocycles. The molecule has 0 aliphatic carbocycles. The van der Waals surface area contributed by atoms with E-state index in [1.807, 2.05) is 11.9 Å². The number of hydrogen-bond donors (Lipinski definition) is 1. The minimum atomic E-state index is -0.596. The Morgan fingerprint density at radius 3 is 2.78 bits per heavy atom. The van der Waals surface area contributed by atoms with E-state index in [9.17, 15) is 18.8 Å². The van der Waals surface area contributed by atoms with Crippen LogP contribution in [0, 0.1) is 5.82 Å². The lowest BCUT2D eigenvalue weighted by Crippen LogP contribution is -2.59. The highest BCUT2D eigenvalue weighted by Gasteiger charge is 2.38. The molecule has 2 saturated heterocycles. The van der Waals surface area contributed by atoms with Gasteiger partial charge in [-0.2, -0.15) is 0 Å². The van der Waals surface area contributed by atoms with Crippen molar-refractivity contribution >= 4 is 17.7 Å². The van der Waals surface area contributed by atoms with E-state index in [4.69, 9.17) is 9.47 Å². The van der Waals surface area contributed by atoms with E-state index in [0.717, 1.165) is 0 Å². The van der Waals surface area contributed by atoms with Gasteiger partial charge in [0, 0.05) is 38.9 Å². The maximum atomic E-state index is 14.3. The highest BCUT2D eigenvalue weighted by atomic mass is 19.1. The van der Waals surface area contributed by atoms with Gasteiger partial charge in [-0.15, -0.1) is 0 Å². The highest BCUT2D eigenvalue weighted by molar-refractivity contribution is 5.96. The van der Waals surface area contributed by atoms with Crippen LogP contribution in [-0.4, -0.2) is 109 Å². The lowest BCUT2D eigenvalue weighted by atomic mass is 10.1. The number of ether oxygens (including phenoxy) is 2. The summed E-state index contributed by atoms with van der Waals surface area (Å²) in [6, 6.07) is 8.27. The van der Waals surface area contributed by atoms with Crippen LogP contribution in [0.4, 0.5) is 4.39 Å². The summed E-state index contributed by atoms with van der Waals surface area (Å²) < 4.78 is 26.2. The van der Waals surface area contributed by atoms with Crippen molar-refractivity contribution in [3.63, 3.8) is 0 Å². The number of pyridine rings is 1. The molecule has 2 fully saturated rings. The van der Waals surface area contributed by atoms with Gasteiger partial charge in [-0.1, -0.05) is 12.1 Å². The quantitative estimate of drug-likeness (QED) is 0.608. The molecule has 2 aromatic rings. The van der Waals surface area contributed by atoms with Crippen molar-refractivity contribution in [2.24, 2.45) is 0 Å². The van der Waals surface area contributed by atoms with Crippen molar-refractivity contribution in [3.8, 4) is 5.88 Å². The third kappa shape index (κ3) is 4.89. The second-order valence-electron chi connectivity index (χ2n) is 9.29. The summed E-state index contributed by atoms with van der Waals surface area (Å²) in [6.07, 6.45) is 1.17. The number of amides is 3. The molecular formula is C25H28FN5O5. The van der Waals surface area contributed by atoms with Gasteiger partial charge in [-0.3, -0.25) is 14.4 Å². The number of carbonyl (C=O) groups is 3. The molecule has 1 aromatic carbocycles. The molecule has 0 unspecified atom stereocenters. The molecule has 36 heavy (non-hydrogen) atoms. The van der Waals surface area contributed by atoms with Gasteiger partial charge in [-0.25, -0.2) is 9.37 Å². The molecule has 4 heterocycles. The molecule has 0 spiro atoms. The Bertz CT molecular complexity index is 1160. The molecule has 0 bridgehead atoms. The second kappa shape index (κ2) is 10.2. The van der Waals surface area contributed by atoms with E-state index in [-0.39, 0.29) is 73.8 Å². The van der Waals surface area contributed by atoms with Crippen LogP contribution >= 0.6 is 0 Å². The first kappa shape index (κ1) is 24.1. The van der Waals surface area contributed by atoms with Crippen molar-refractivity contribution in [1.29, 1.82) is 0 Å². The maximum absolute atomic E-state index is 14.3. The minimum Gasteiger partial charge on any atom is -0.475 e. The number of likely N-dealkylation sites (N-methyl/N-ethyl adjacent to an activating group) is 1. The molecule has 190 valence electrons. The number of nitrogens with one attached hydrogen (secondary N) is 1. The summed E-state index contributed by atoms with van der Waals surface area (Å²) in [5.41, 5.74) is 0.254. The van der Waals surface area contributed by atoms with E-state index >= 15 is 0 Å². The Kier molecular flexibility index (Phi) is 6.84. The van der Waals surface area contributed by atoms with Crippen molar-refractivity contribution < 1.29 is 28.2 Å². The van der Waals surface area contributed by atoms with Crippen molar-refractivity contribution in [2.75, 3.05) is 53.0 Å². The largest absolute Gasteiger partial charge is 0.475 e. The molecule has 3 aliphatic rings. The SMILES string of the molecule is CN1C[C@@H]2OCC(=O)N3CCN(C(=O)c4ccccc4F)C[C@H]3COc3ncccc3C(=O)N[C@@H]2C1. The van der Waals surface area contributed by atoms with Crippen LogP contribution in [0.25, 0.3) is 0 Å². The predicted molar refractivity (Wildman–Crippen MR) is 126 cm³/mol. The number of fused-ring (bicyclic) bond motifs is 3. The Labute approximate surface area is 208 Å². The first-order valence-electron chi connectivity index (χ1n) is 11.9. The van der Waals surface area contributed by atoms with E-state index in [0.29, 0.717) is 13.1 Å². The monoisotopic (exact) mass is 497 g/mol. The molecule has 0 radical (unpaired) electrons. The van der Waals surface area contributed by atoms with E-state index in [1.54, 1.807) is 23.1 Å². The van der Waals surface area contributed by atoms with Crippen LogP contribution in [0.5, 0.6) is 5.88 Å². The summed E-state index contributed by atoms with van der Waals surface area (Å²) >= 11 is 0. The molecule has 11 heteroatoms. The third-order valence-electron chi connectivity index (χ3n) is 6.81. The smallest absolute Gasteiger partial charge is 0.257 e. The van der Waals surface area contributed by atoms with Gasteiger partial charge in [0.05, 0.1) is 23.8 Å². The van der Waals surface area contributed by atoms with E-state index < -0.39 is 17.8 Å². The van der Waals surface area contributed by atoms with Crippen LogP contribution in [0.15, 0.2) is 42.6 Å². The van der Waals surface area contributed by atoms with Gasteiger partial charge < -0.3 is 29.5 Å². The normalized spacial score (nSPS) is 25.3. The zero-order valence-electron chi connectivity index (χ0n) is 19.9. The van der Waals surface area contributed by atoms with Gasteiger partial charge in [0.15, 0.2) is 0 Å². The average Bonchev–Trinajstić information content (AvgIpc) is 3.24. The standard InChI is InChI=1S/C25H28FN5O5/c1-29-12-20-21(13-29)35-15-22(32)31-10-9-30(25(34)17-5-2-3-7-19(17)26)11-16(31)14-36-24-18(23(33)28-20)6-4-8-27-24/h2-8,16,20-21H,9-15H2,1H3,(H,28,33)/t16-,20+,21-/m0/s1. The Hall–Kier alpha value is -3.57. The zero-order valence-corrected chi connectivity index (χ0v) is 19.9. The number of nitrogens with zero attached hydrogens (tertiary/aromatic N) is 4. The molecule has 1 N–H and O–H groups in total. The number of likely N-dealkylation sites (tertiary alicyclic amines) is 1. The summed E-state index contributed by atoms with van der Waals surface area (Å²) in [4.78, 5) is 48.7. The fourth-order valence-electron chi connectivity index (χ4n) is 4.95. The third-order valence-corrected chi connectivity index (χ3v) is 6.81. The first-order valence-corrected chi connectivity index (χ1v) is 11.9. The number of benzene rings is 1. The molecular weight excluding hydrogens is 469 g/mol. The zero-order chi connectivity index (χ0) is 25.2. The van der Waals surface area contributed by atoms with Gasteiger partial charge in [0.2, 0.25) is 11.8 Å². The number of aromatic nitrogens is 1. The van der Waals surface area contributed by atoms with Crippen LogP contribution in [0.2, 0.25) is 0 Å². The lowest BCUT2D eigenvalue weighted by Gasteiger charge is -2.41. The molecule has 3 amide bonds. The van der Waals surface area contributed by atoms with Crippen LogP contribution in [0.3, 0.4) is 0 Å². The molecule has 10 nitrogen and oxygen atoms in total. The summed E-state index contributed by atoms with van der Waals surface area (Å²) in [5.74, 6) is -1.48. The lowest BCUT2D eigenvalue weighted by molar-refractivity contribution is -0.143. The van der Waals surface area contributed by atoms with E-state index in [2.05, 4.69) is 10.3 Å². The van der Waals surface area contributed by atoms with Crippen molar-refractivity contribution in [3.05, 3.63) is 59.5 Å². The molecule has 5 rings (SSSR count). The average molecular weight is 498 g/mol. The van der Waals surface area contributed by atoms with Gasteiger partial charge in [0.1, 0.15) is 24.6 Å². The predicted octanol–water partition coefficient (Wildman–Crippen LogP) is 0.395. The van der Waals surface area contributed by atoms with E-state index in [1.165, 1.54) is 29.3 Å². The number of hydrogen-bond acceptors (Lipinski definition) is 7. The van der Waals surface area contributed by atoms with Crippen molar-refractivity contribution in [1.82, 2.24) is 25.0 Å². The van der Waals surface area contributed by atoms with Gasteiger partial charge >= 0.3 is 0 Å².